The monoisotopic (exact) mass is 241 g/mol. The first-order valence-electron chi connectivity index (χ1n) is 4.89. The molecular weight excluding hydrogens is 228 g/mol. The van der Waals surface area contributed by atoms with Crippen molar-refractivity contribution < 1.29 is 18.3 Å². The Bertz CT molecular complexity index is 210. The molecule has 1 saturated heterocycles. The van der Waals surface area contributed by atoms with Gasteiger partial charge in [0.15, 0.2) is 0 Å². The predicted octanol–water partition coefficient (Wildman–Crippen LogP) is 1.50. The summed E-state index contributed by atoms with van der Waals surface area (Å²) in [5.41, 5.74) is 0. The minimum Gasteiger partial charge on any atom is -0.368 e. The number of hydrogen-bond donors (Lipinski definition) is 0. The topological polar surface area (TPSA) is 29.5 Å². The van der Waals surface area contributed by atoms with Gasteiger partial charge in [0, 0.05) is 19.0 Å². The summed E-state index contributed by atoms with van der Waals surface area (Å²) in [5, 5.41) is 0. The number of amides is 1. The summed E-state index contributed by atoms with van der Waals surface area (Å²) in [4.78, 5) is 12.8. The molecule has 1 heterocycles. The lowest BCUT2D eigenvalue weighted by atomic mass is 10.2. The van der Waals surface area contributed by atoms with Crippen LogP contribution < -0.4 is 0 Å². The van der Waals surface area contributed by atoms with Crippen molar-refractivity contribution in [3.8, 4) is 0 Å². The SMILES string of the molecule is O=C(C1CCCO1)N(CCCl)CC(F)F. The Hall–Kier alpha value is -0.420. The molecule has 1 aliphatic heterocycles. The Morgan fingerprint density at radius 3 is 2.80 bits per heavy atom. The molecule has 1 unspecified atom stereocenters. The largest absolute Gasteiger partial charge is 0.368 e. The Morgan fingerprint density at radius 2 is 2.33 bits per heavy atom. The number of carbonyl (C=O) groups excluding carboxylic acids is 1. The third-order valence-electron chi connectivity index (χ3n) is 2.23. The van der Waals surface area contributed by atoms with Gasteiger partial charge >= 0.3 is 0 Å². The van der Waals surface area contributed by atoms with Crippen LogP contribution >= 0.6 is 11.6 Å². The molecule has 0 spiro atoms. The van der Waals surface area contributed by atoms with Gasteiger partial charge in [-0.15, -0.1) is 11.6 Å². The summed E-state index contributed by atoms with van der Waals surface area (Å²) >= 11 is 5.45. The van der Waals surface area contributed by atoms with Crippen LogP contribution in [0.5, 0.6) is 0 Å². The van der Waals surface area contributed by atoms with Gasteiger partial charge in [-0.1, -0.05) is 0 Å². The molecule has 0 aliphatic carbocycles. The minimum absolute atomic E-state index is 0.143. The minimum atomic E-state index is -2.53. The Morgan fingerprint density at radius 1 is 1.60 bits per heavy atom. The zero-order valence-electron chi connectivity index (χ0n) is 8.29. The summed E-state index contributed by atoms with van der Waals surface area (Å²) < 4.78 is 29.5. The van der Waals surface area contributed by atoms with Gasteiger partial charge in [0.05, 0.1) is 6.54 Å². The molecule has 0 aromatic rings. The lowest BCUT2D eigenvalue weighted by molar-refractivity contribution is -0.142. The van der Waals surface area contributed by atoms with Gasteiger partial charge in [0.25, 0.3) is 12.3 Å². The average molecular weight is 242 g/mol. The van der Waals surface area contributed by atoms with Crippen LogP contribution in [0.25, 0.3) is 0 Å². The van der Waals surface area contributed by atoms with E-state index < -0.39 is 19.1 Å². The third-order valence-corrected chi connectivity index (χ3v) is 2.40. The third kappa shape index (κ3) is 3.91. The molecule has 1 fully saturated rings. The van der Waals surface area contributed by atoms with Crippen LogP contribution in [-0.2, 0) is 9.53 Å². The molecule has 0 aromatic heterocycles. The Kier molecular flexibility index (Phi) is 5.25. The van der Waals surface area contributed by atoms with E-state index in [1.54, 1.807) is 0 Å². The maximum atomic E-state index is 12.2. The highest BCUT2D eigenvalue weighted by atomic mass is 35.5. The Labute approximate surface area is 92.3 Å². The molecule has 3 nitrogen and oxygen atoms in total. The van der Waals surface area contributed by atoms with Gasteiger partial charge in [0.2, 0.25) is 0 Å². The van der Waals surface area contributed by atoms with Crippen molar-refractivity contribution >= 4 is 17.5 Å². The normalized spacial score (nSPS) is 20.9. The van der Waals surface area contributed by atoms with Crippen molar-refractivity contribution in [2.24, 2.45) is 0 Å². The quantitative estimate of drug-likeness (QED) is 0.683. The number of halogens is 3. The highest BCUT2D eigenvalue weighted by Crippen LogP contribution is 2.15. The fraction of sp³-hybridized carbons (Fsp3) is 0.889. The lowest BCUT2D eigenvalue weighted by Gasteiger charge is -2.23. The van der Waals surface area contributed by atoms with Gasteiger partial charge in [0.1, 0.15) is 6.10 Å². The standard InChI is InChI=1S/C9H14ClF2NO2/c10-3-4-13(6-8(11)12)9(14)7-2-1-5-15-7/h7-8H,1-6H2. The van der Waals surface area contributed by atoms with Crippen LogP contribution in [0, 0.1) is 0 Å². The van der Waals surface area contributed by atoms with E-state index in [-0.39, 0.29) is 18.3 Å². The van der Waals surface area contributed by atoms with E-state index in [9.17, 15) is 13.6 Å². The molecule has 1 aliphatic rings. The summed E-state index contributed by atoms with van der Waals surface area (Å²) in [7, 11) is 0. The second kappa shape index (κ2) is 6.23. The maximum Gasteiger partial charge on any atom is 0.255 e. The molecule has 0 saturated carbocycles. The molecule has 0 radical (unpaired) electrons. The molecule has 1 atom stereocenters. The summed E-state index contributed by atoms with van der Waals surface area (Å²) in [6, 6.07) is 0. The van der Waals surface area contributed by atoms with Crippen LogP contribution in [0.1, 0.15) is 12.8 Å². The molecule has 88 valence electrons. The van der Waals surface area contributed by atoms with Crippen molar-refractivity contribution in [2.45, 2.75) is 25.4 Å². The molecule has 0 aromatic carbocycles. The predicted molar refractivity (Wildman–Crippen MR) is 52.3 cm³/mol. The van der Waals surface area contributed by atoms with E-state index >= 15 is 0 Å². The van der Waals surface area contributed by atoms with Gasteiger partial charge in [-0.2, -0.15) is 0 Å². The number of ether oxygens (including phenoxy) is 1. The smallest absolute Gasteiger partial charge is 0.255 e. The van der Waals surface area contributed by atoms with Crippen LogP contribution in [-0.4, -0.2) is 48.9 Å². The first-order valence-corrected chi connectivity index (χ1v) is 5.43. The van der Waals surface area contributed by atoms with Gasteiger partial charge in [-0.3, -0.25) is 4.79 Å². The first-order chi connectivity index (χ1) is 7.15. The fourth-order valence-electron chi connectivity index (χ4n) is 1.54. The van der Waals surface area contributed by atoms with E-state index in [4.69, 9.17) is 16.3 Å². The Balaban J connectivity index is 2.49. The second-order valence-electron chi connectivity index (χ2n) is 3.37. The fourth-order valence-corrected chi connectivity index (χ4v) is 1.74. The van der Waals surface area contributed by atoms with Crippen LogP contribution in [0.3, 0.4) is 0 Å². The number of alkyl halides is 3. The van der Waals surface area contributed by atoms with E-state index in [1.807, 2.05) is 0 Å². The van der Waals surface area contributed by atoms with Crippen molar-refractivity contribution in [1.29, 1.82) is 0 Å². The number of rotatable bonds is 5. The maximum absolute atomic E-state index is 12.2. The van der Waals surface area contributed by atoms with Crippen LogP contribution in [0.15, 0.2) is 0 Å². The van der Waals surface area contributed by atoms with Crippen LogP contribution in [0.4, 0.5) is 8.78 Å². The molecular formula is C9H14ClF2NO2. The number of nitrogens with zero attached hydrogens (tertiary/aromatic N) is 1. The molecule has 0 N–H and O–H groups in total. The van der Waals surface area contributed by atoms with E-state index in [1.165, 1.54) is 0 Å². The lowest BCUT2D eigenvalue weighted by Crippen LogP contribution is -2.42. The van der Waals surface area contributed by atoms with Crippen molar-refractivity contribution in [2.75, 3.05) is 25.6 Å². The molecule has 6 heteroatoms. The molecule has 1 amide bonds. The van der Waals surface area contributed by atoms with Crippen molar-refractivity contribution in [3.63, 3.8) is 0 Å². The number of hydrogen-bond acceptors (Lipinski definition) is 2. The summed E-state index contributed by atoms with van der Waals surface area (Å²) in [6.45, 7) is 0.107. The molecule has 1 rings (SSSR count). The van der Waals surface area contributed by atoms with Crippen molar-refractivity contribution in [1.82, 2.24) is 4.90 Å². The van der Waals surface area contributed by atoms with Gasteiger partial charge in [-0.05, 0) is 12.8 Å². The van der Waals surface area contributed by atoms with Crippen LogP contribution in [0.2, 0.25) is 0 Å². The zero-order valence-corrected chi connectivity index (χ0v) is 9.05. The average Bonchev–Trinajstić information content (AvgIpc) is 2.68. The van der Waals surface area contributed by atoms with E-state index in [0.717, 1.165) is 11.3 Å². The highest BCUT2D eigenvalue weighted by molar-refractivity contribution is 6.18. The van der Waals surface area contributed by atoms with Gasteiger partial charge in [-0.25, -0.2) is 8.78 Å². The number of carbonyl (C=O) groups is 1. The zero-order chi connectivity index (χ0) is 11.3. The van der Waals surface area contributed by atoms with Gasteiger partial charge < -0.3 is 9.64 Å². The highest BCUT2D eigenvalue weighted by Gasteiger charge is 2.29. The molecule has 0 bridgehead atoms. The van der Waals surface area contributed by atoms with E-state index in [2.05, 4.69) is 0 Å². The van der Waals surface area contributed by atoms with E-state index in [0.29, 0.717) is 13.0 Å². The summed E-state index contributed by atoms with van der Waals surface area (Å²) in [6.07, 6.45) is -1.66. The van der Waals surface area contributed by atoms with Crippen molar-refractivity contribution in [3.05, 3.63) is 0 Å². The first kappa shape index (κ1) is 12.6. The second-order valence-corrected chi connectivity index (χ2v) is 3.74. The summed E-state index contributed by atoms with van der Waals surface area (Å²) in [5.74, 6) is -0.209. The molecule has 15 heavy (non-hydrogen) atoms.